The quantitative estimate of drug-likeness (QED) is 0.533. The highest BCUT2D eigenvalue weighted by molar-refractivity contribution is 6.03. The van der Waals surface area contributed by atoms with E-state index in [0.29, 0.717) is 11.5 Å². The molecule has 0 aliphatic rings. The van der Waals surface area contributed by atoms with Crippen molar-refractivity contribution in [3.63, 3.8) is 0 Å². The van der Waals surface area contributed by atoms with Crippen molar-refractivity contribution in [2.45, 2.75) is 13.0 Å². The van der Waals surface area contributed by atoms with Crippen LogP contribution < -0.4 is 11.1 Å². The van der Waals surface area contributed by atoms with Gasteiger partial charge in [0.15, 0.2) is 0 Å². The summed E-state index contributed by atoms with van der Waals surface area (Å²) in [6, 6.07) is 14.1. The first-order chi connectivity index (χ1) is 12.0. The summed E-state index contributed by atoms with van der Waals surface area (Å²) in [6.45, 7) is 1.34. The monoisotopic (exact) mass is 337 g/mol. The summed E-state index contributed by atoms with van der Waals surface area (Å²) in [5.41, 5.74) is 9.21. The molecule has 25 heavy (non-hydrogen) atoms. The summed E-state index contributed by atoms with van der Waals surface area (Å²) < 4.78 is 0. The highest BCUT2D eigenvalue weighted by Gasteiger charge is 2.19. The van der Waals surface area contributed by atoms with Crippen molar-refractivity contribution >= 4 is 28.2 Å². The zero-order chi connectivity index (χ0) is 18.0. The third kappa shape index (κ3) is 3.25. The molecule has 5 N–H and O–H groups in total. The zero-order valence-corrected chi connectivity index (χ0v) is 13.7. The number of aliphatic hydroxyl groups is 1. The summed E-state index contributed by atoms with van der Waals surface area (Å²) in [5.74, 6) is -0.701. The molecule has 6 nitrogen and oxygen atoms in total. The molecule has 6 heteroatoms. The van der Waals surface area contributed by atoms with E-state index in [1.54, 1.807) is 0 Å². The van der Waals surface area contributed by atoms with Gasteiger partial charge in [-0.05, 0) is 30.0 Å². The molecule has 3 aromatic rings. The van der Waals surface area contributed by atoms with Gasteiger partial charge in [-0.2, -0.15) is 0 Å². The second kappa shape index (κ2) is 6.78. The summed E-state index contributed by atoms with van der Waals surface area (Å²) in [6.07, 6.45) is 0. The molecule has 128 valence electrons. The summed E-state index contributed by atoms with van der Waals surface area (Å²) in [4.78, 5) is 15.8. The van der Waals surface area contributed by atoms with Crippen LogP contribution in [0.1, 0.15) is 5.69 Å². The normalized spacial score (nSPS) is 12.1. The van der Waals surface area contributed by atoms with Gasteiger partial charge in [0.1, 0.15) is 11.9 Å². The van der Waals surface area contributed by atoms with E-state index in [0.717, 1.165) is 27.6 Å². The smallest absolute Gasteiger partial charge is 0.328 e. The third-order valence-corrected chi connectivity index (χ3v) is 4.06. The van der Waals surface area contributed by atoms with Gasteiger partial charge in [0.25, 0.3) is 0 Å². The van der Waals surface area contributed by atoms with E-state index in [9.17, 15) is 15.0 Å². The van der Waals surface area contributed by atoms with Crippen molar-refractivity contribution in [2.75, 3.05) is 17.7 Å². The number of fused-ring (bicyclic) bond motifs is 1. The lowest BCUT2D eigenvalue weighted by Crippen LogP contribution is -2.33. The number of anilines is 2. The Hall–Kier alpha value is -3.12. The lowest BCUT2D eigenvalue weighted by molar-refractivity contribution is -0.138. The number of nitrogens with two attached hydrogens (primary N) is 1. The Balaban J connectivity index is 2.21. The third-order valence-electron chi connectivity index (χ3n) is 4.06. The molecule has 0 spiro atoms. The topological polar surface area (TPSA) is 108 Å². The van der Waals surface area contributed by atoms with Gasteiger partial charge in [-0.1, -0.05) is 36.4 Å². The molecule has 1 heterocycles. The molecule has 1 unspecified atom stereocenters. The number of aliphatic carboxylic acids is 1. The van der Waals surface area contributed by atoms with Crippen LogP contribution in [0, 0.1) is 6.92 Å². The molecule has 1 aromatic heterocycles. The van der Waals surface area contributed by atoms with Crippen LogP contribution in [0.4, 0.5) is 11.5 Å². The fraction of sp³-hybridized carbons (Fsp3) is 0.158. The second-order valence-electron chi connectivity index (χ2n) is 5.81. The number of pyridine rings is 1. The molecule has 0 saturated carbocycles. The van der Waals surface area contributed by atoms with E-state index in [4.69, 9.17) is 5.73 Å². The van der Waals surface area contributed by atoms with E-state index in [1.165, 1.54) is 0 Å². The Bertz CT molecular complexity index is 940. The number of nitrogen functional groups attached to an aromatic ring is 1. The SMILES string of the molecule is Cc1nc(NC(CO)C(=O)O)c2ccccc2c1-c1cccc(N)c1. The van der Waals surface area contributed by atoms with Crippen LogP contribution in [0.3, 0.4) is 0 Å². The average Bonchev–Trinajstić information content (AvgIpc) is 2.59. The van der Waals surface area contributed by atoms with Gasteiger partial charge in [-0.15, -0.1) is 0 Å². The van der Waals surface area contributed by atoms with Crippen molar-refractivity contribution in [3.05, 3.63) is 54.2 Å². The fourth-order valence-corrected chi connectivity index (χ4v) is 2.91. The van der Waals surface area contributed by atoms with Crippen LogP contribution in [0.25, 0.3) is 21.9 Å². The minimum atomic E-state index is -1.13. The largest absolute Gasteiger partial charge is 0.480 e. The Kier molecular flexibility index (Phi) is 4.54. The number of carboxylic acids is 1. The van der Waals surface area contributed by atoms with Crippen LogP contribution in [-0.2, 0) is 4.79 Å². The van der Waals surface area contributed by atoms with Crippen LogP contribution in [0.15, 0.2) is 48.5 Å². The fourth-order valence-electron chi connectivity index (χ4n) is 2.91. The van der Waals surface area contributed by atoms with Crippen molar-refractivity contribution in [1.29, 1.82) is 0 Å². The Morgan fingerprint density at radius 2 is 1.92 bits per heavy atom. The molecule has 0 radical (unpaired) electrons. The maximum Gasteiger partial charge on any atom is 0.328 e. The predicted molar refractivity (Wildman–Crippen MR) is 98.5 cm³/mol. The number of nitrogens with one attached hydrogen (secondary N) is 1. The summed E-state index contributed by atoms with van der Waals surface area (Å²) >= 11 is 0. The van der Waals surface area contributed by atoms with Gasteiger partial charge in [-0.3, -0.25) is 0 Å². The number of hydrogen-bond acceptors (Lipinski definition) is 5. The van der Waals surface area contributed by atoms with Crippen LogP contribution in [-0.4, -0.2) is 33.8 Å². The number of nitrogens with zero attached hydrogens (tertiary/aromatic N) is 1. The first-order valence-corrected chi connectivity index (χ1v) is 7.86. The number of aromatic nitrogens is 1. The van der Waals surface area contributed by atoms with E-state index in [2.05, 4.69) is 10.3 Å². The molecular formula is C19H19N3O3. The minimum absolute atomic E-state index is 0.433. The van der Waals surface area contributed by atoms with Crippen molar-refractivity contribution in [3.8, 4) is 11.1 Å². The molecular weight excluding hydrogens is 318 g/mol. The van der Waals surface area contributed by atoms with Gasteiger partial charge in [0.05, 0.1) is 6.61 Å². The molecule has 0 amide bonds. The minimum Gasteiger partial charge on any atom is -0.480 e. The molecule has 0 aliphatic heterocycles. The highest BCUT2D eigenvalue weighted by Crippen LogP contribution is 2.35. The number of carboxylic acid groups (broad SMARTS) is 1. The number of carbonyl (C=O) groups is 1. The van der Waals surface area contributed by atoms with E-state index in [1.807, 2.05) is 55.5 Å². The molecule has 1 atom stereocenters. The van der Waals surface area contributed by atoms with Gasteiger partial charge >= 0.3 is 5.97 Å². The second-order valence-corrected chi connectivity index (χ2v) is 5.81. The first-order valence-electron chi connectivity index (χ1n) is 7.86. The number of aryl methyl sites for hydroxylation is 1. The molecule has 0 bridgehead atoms. The van der Waals surface area contributed by atoms with E-state index >= 15 is 0 Å². The predicted octanol–water partition coefficient (Wildman–Crippen LogP) is 2.65. The number of rotatable bonds is 5. The Morgan fingerprint density at radius 3 is 2.56 bits per heavy atom. The maximum absolute atomic E-state index is 11.2. The summed E-state index contributed by atoms with van der Waals surface area (Å²) in [7, 11) is 0. The van der Waals surface area contributed by atoms with Crippen LogP contribution >= 0.6 is 0 Å². The molecule has 0 aliphatic carbocycles. The number of aliphatic hydroxyl groups excluding tert-OH is 1. The lowest BCUT2D eigenvalue weighted by atomic mass is 9.97. The van der Waals surface area contributed by atoms with Crippen molar-refractivity contribution in [2.24, 2.45) is 0 Å². The van der Waals surface area contributed by atoms with Gasteiger partial charge in [-0.25, -0.2) is 9.78 Å². The highest BCUT2D eigenvalue weighted by atomic mass is 16.4. The average molecular weight is 337 g/mol. The lowest BCUT2D eigenvalue weighted by Gasteiger charge is -2.18. The van der Waals surface area contributed by atoms with Gasteiger partial charge < -0.3 is 21.3 Å². The van der Waals surface area contributed by atoms with Crippen molar-refractivity contribution in [1.82, 2.24) is 4.98 Å². The van der Waals surface area contributed by atoms with Crippen molar-refractivity contribution < 1.29 is 15.0 Å². The maximum atomic E-state index is 11.2. The standard InChI is InChI=1S/C19H19N3O3/c1-11-17(12-5-4-6-13(20)9-12)14-7-2-3-8-15(14)18(21-11)22-16(10-23)19(24)25/h2-9,16,23H,10,20H2,1H3,(H,21,22)(H,24,25). The number of hydrogen-bond donors (Lipinski definition) is 4. The van der Waals surface area contributed by atoms with Gasteiger partial charge in [0, 0.05) is 22.3 Å². The van der Waals surface area contributed by atoms with E-state index in [-0.39, 0.29) is 0 Å². The van der Waals surface area contributed by atoms with E-state index < -0.39 is 18.6 Å². The molecule has 2 aromatic carbocycles. The Labute approximate surface area is 144 Å². The zero-order valence-electron chi connectivity index (χ0n) is 13.7. The molecule has 3 rings (SSSR count). The number of benzene rings is 2. The van der Waals surface area contributed by atoms with Crippen LogP contribution in [0.5, 0.6) is 0 Å². The first kappa shape index (κ1) is 16.7. The van der Waals surface area contributed by atoms with Gasteiger partial charge in [0.2, 0.25) is 0 Å². The van der Waals surface area contributed by atoms with Crippen LogP contribution in [0.2, 0.25) is 0 Å². The molecule has 0 fully saturated rings. The Morgan fingerprint density at radius 1 is 1.20 bits per heavy atom. The summed E-state index contributed by atoms with van der Waals surface area (Å²) in [5, 5.41) is 23.0. The molecule has 0 saturated heterocycles.